The molecule has 0 spiro atoms. The predicted octanol–water partition coefficient (Wildman–Crippen LogP) is 2.53. The molecule has 2 heterocycles. The van der Waals surface area contributed by atoms with Crippen LogP contribution in [-0.2, 0) is 5.75 Å². The van der Waals surface area contributed by atoms with Gasteiger partial charge < -0.3 is 5.73 Å². The first kappa shape index (κ1) is 11.7. The highest BCUT2D eigenvalue weighted by Crippen LogP contribution is 2.30. The lowest BCUT2D eigenvalue weighted by Gasteiger charge is -2.01. The summed E-state index contributed by atoms with van der Waals surface area (Å²) in [6.07, 6.45) is 3.69. The van der Waals surface area contributed by atoms with Crippen LogP contribution in [0.5, 0.6) is 0 Å². The number of anilines is 1. The highest BCUT2D eigenvalue weighted by molar-refractivity contribution is 8.02. The molecule has 0 atom stereocenters. The second-order valence-corrected chi connectivity index (χ2v) is 6.13. The van der Waals surface area contributed by atoms with Crippen molar-refractivity contribution in [1.29, 1.82) is 0 Å². The van der Waals surface area contributed by atoms with Crippen molar-refractivity contribution in [3.8, 4) is 0 Å². The highest BCUT2D eigenvalue weighted by atomic mass is 32.2. The Morgan fingerprint density at radius 2 is 2.19 bits per heavy atom. The van der Waals surface area contributed by atoms with Crippen molar-refractivity contribution in [1.82, 2.24) is 15.2 Å². The third kappa shape index (κ3) is 2.87. The Labute approximate surface area is 106 Å². The lowest BCUT2D eigenvalue weighted by Crippen LogP contribution is -1.94. The maximum Gasteiger partial charge on any atom is 0.175 e. The summed E-state index contributed by atoms with van der Waals surface area (Å²) in [7, 11) is 0. The van der Waals surface area contributed by atoms with E-state index in [0.717, 1.165) is 20.0 Å². The van der Waals surface area contributed by atoms with Crippen LogP contribution in [0.2, 0.25) is 0 Å². The largest absolute Gasteiger partial charge is 0.383 e. The van der Waals surface area contributed by atoms with Crippen LogP contribution < -0.4 is 5.73 Å². The molecule has 2 rings (SSSR count). The van der Waals surface area contributed by atoms with Gasteiger partial charge in [0.25, 0.3) is 0 Å². The van der Waals surface area contributed by atoms with Crippen molar-refractivity contribution in [2.45, 2.75) is 14.4 Å². The van der Waals surface area contributed by atoms with Crippen LogP contribution in [0.3, 0.4) is 0 Å². The molecule has 4 nitrogen and oxygen atoms in total. The SMILES string of the molecule is CSc1nnc(SCc2cccnc2N)s1. The van der Waals surface area contributed by atoms with Crippen LogP contribution in [0.25, 0.3) is 0 Å². The smallest absolute Gasteiger partial charge is 0.175 e. The van der Waals surface area contributed by atoms with E-state index in [1.165, 1.54) is 0 Å². The summed E-state index contributed by atoms with van der Waals surface area (Å²) in [4.78, 5) is 4.04. The molecule has 0 aliphatic heterocycles. The molecule has 0 aliphatic rings. The summed E-state index contributed by atoms with van der Waals surface area (Å²) < 4.78 is 1.95. The quantitative estimate of drug-likeness (QED) is 0.861. The van der Waals surface area contributed by atoms with E-state index in [1.807, 2.05) is 18.4 Å². The minimum absolute atomic E-state index is 0.588. The third-order valence-electron chi connectivity index (χ3n) is 1.84. The van der Waals surface area contributed by atoms with Gasteiger partial charge in [-0.15, -0.1) is 10.2 Å². The van der Waals surface area contributed by atoms with E-state index in [-0.39, 0.29) is 0 Å². The molecular weight excluding hydrogens is 260 g/mol. The lowest BCUT2D eigenvalue weighted by molar-refractivity contribution is 0.955. The van der Waals surface area contributed by atoms with E-state index in [0.29, 0.717) is 5.82 Å². The van der Waals surface area contributed by atoms with Crippen LogP contribution in [0.15, 0.2) is 27.0 Å². The van der Waals surface area contributed by atoms with Crippen molar-refractivity contribution in [2.24, 2.45) is 0 Å². The van der Waals surface area contributed by atoms with Gasteiger partial charge in [-0.2, -0.15) is 0 Å². The Balaban J connectivity index is 1.99. The molecule has 0 radical (unpaired) electrons. The van der Waals surface area contributed by atoms with Gasteiger partial charge >= 0.3 is 0 Å². The van der Waals surface area contributed by atoms with Crippen LogP contribution in [-0.4, -0.2) is 21.4 Å². The van der Waals surface area contributed by atoms with Crippen molar-refractivity contribution in [3.63, 3.8) is 0 Å². The van der Waals surface area contributed by atoms with Crippen LogP contribution in [0.1, 0.15) is 5.56 Å². The van der Waals surface area contributed by atoms with Crippen molar-refractivity contribution in [2.75, 3.05) is 12.0 Å². The molecule has 16 heavy (non-hydrogen) atoms. The Hall–Kier alpha value is -0.790. The van der Waals surface area contributed by atoms with Gasteiger partial charge in [-0.25, -0.2) is 4.98 Å². The van der Waals surface area contributed by atoms with E-state index in [2.05, 4.69) is 15.2 Å². The first-order chi connectivity index (χ1) is 7.79. The Bertz CT molecular complexity index is 471. The summed E-state index contributed by atoms with van der Waals surface area (Å²) in [6.45, 7) is 0. The molecule has 0 unspecified atom stereocenters. The number of nitrogen functional groups attached to an aromatic ring is 1. The number of aromatic nitrogens is 3. The standard InChI is InChI=1S/C9H10N4S3/c1-14-8-12-13-9(16-8)15-5-6-3-2-4-11-7(6)10/h2-4H,5H2,1H3,(H2,10,11). The summed E-state index contributed by atoms with van der Waals surface area (Å²) in [5, 5.41) is 8.11. The average Bonchev–Trinajstić information content (AvgIpc) is 2.76. The van der Waals surface area contributed by atoms with E-state index in [9.17, 15) is 0 Å². The van der Waals surface area contributed by atoms with E-state index in [4.69, 9.17) is 5.73 Å². The van der Waals surface area contributed by atoms with Crippen molar-refractivity contribution >= 4 is 40.7 Å². The monoisotopic (exact) mass is 270 g/mol. The molecule has 0 amide bonds. The normalized spacial score (nSPS) is 10.6. The molecule has 0 saturated carbocycles. The third-order valence-corrected chi connectivity index (χ3v) is 4.92. The summed E-state index contributed by atoms with van der Waals surface area (Å²) in [6, 6.07) is 3.87. The van der Waals surface area contributed by atoms with Crippen molar-refractivity contribution in [3.05, 3.63) is 23.9 Å². The van der Waals surface area contributed by atoms with Gasteiger partial charge in [-0.3, -0.25) is 0 Å². The number of hydrogen-bond acceptors (Lipinski definition) is 7. The van der Waals surface area contributed by atoms with Gasteiger partial charge in [0, 0.05) is 17.5 Å². The first-order valence-corrected chi connectivity index (χ1v) is 7.52. The molecule has 7 heteroatoms. The number of thioether (sulfide) groups is 2. The van der Waals surface area contributed by atoms with Crippen LogP contribution in [0, 0.1) is 0 Å². The number of pyridine rings is 1. The fraction of sp³-hybridized carbons (Fsp3) is 0.222. The molecule has 0 fully saturated rings. The maximum atomic E-state index is 5.75. The molecule has 0 aromatic carbocycles. The second kappa shape index (κ2) is 5.51. The number of hydrogen-bond donors (Lipinski definition) is 1. The van der Waals surface area contributed by atoms with E-state index in [1.54, 1.807) is 41.1 Å². The minimum atomic E-state index is 0.588. The first-order valence-electron chi connectivity index (χ1n) is 4.49. The summed E-state index contributed by atoms with van der Waals surface area (Å²) in [5.41, 5.74) is 6.79. The molecule has 0 aliphatic carbocycles. The lowest BCUT2D eigenvalue weighted by atomic mass is 10.3. The van der Waals surface area contributed by atoms with Gasteiger partial charge in [-0.05, 0) is 12.3 Å². The van der Waals surface area contributed by atoms with Gasteiger partial charge in [0.2, 0.25) is 0 Å². The molecule has 2 aromatic rings. The fourth-order valence-electron chi connectivity index (χ4n) is 1.05. The number of nitrogens with zero attached hydrogens (tertiary/aromatic N) is 3. The molecule has 84 valence electrons. The zero-order valence-electron chi connectivity index (χ0n) is 8.58. The predicted molar refractivity (Wildman–Crippen MR) is 69.9 cm³/mol. The Morgan fingerprint density at radius 1 is 1.38 bits per heavy atom. The minimum Gasteiger partial charge on any atom is -0.383 e. The molecule has 2 N–H and O–H groups in total. The molecule has 0 saturated heterocycles. The Morgan fingerprint density at radius 3 is 2.88 bits per heavy atom. The molecular formula is C9H10N4S3. The second-order valence-electron chi connectivity index (χ2n) is 2.87. The maximum absolute atomic E-state index is 5.75. The van der Waals surface area contributed by atoms with Crippen molar-refractivity contribution < 1.29 is 0 Å². The zero-order chi connectivity index (χ0) is 11.4. The van der Waals surface area contributed by atoms with Gasteiger partial charge in [0.15, 0.2) is 8.68 Å². The topological polar surface area (TPSA) is 64.7 Å². The zero-order valence-corrected chi connectivity index (χ0v) is 11.0. The summed E-state index contributed by atoms with van der Waals surface area (Å²) in [5.74, 6) is 1.37. The molecule has 2 aromatic heterocycles. The fourth-order valence-corrected chi connectivity index (χ4v) is 3.48. The summed E-state index contributed by atoms with van der Waals surface area (Å²) >= 11 is 4.84. The van der Waals surface area contributed by atoms with E-state index >= 15 is 0 Å². The average molecular weight is 270 g/mol. The van der Waals surface area contributed by atoms with Gasteiger partial charge in [0.1, 0.15) is 5.82 Å². The van der Waals surface area contributed by atoms with Gasteiger partial charge in [0.05, 0.1) is 0 Å². The number of nitrogens with two attached hydrogens (primary N) is 1. The highest BCUT2D eigenvalue weighted by Gasteiger charge is 2.05. The van der Waals surface area contributed by atoms with Gasteiger partial charge in [-0.1, -0.05) is 40.9 Å². The molecule has 0 bridgehead atoms. The van der Waals surface area contributed by atoms with Crippen LogP contribution >= 0.6 is 34.9 Å². The Kier molecular flexibility index (Phi) is 4.03. The number of rotatable bonds is 4. The van der Waals surface area contributed by atoms with E-state index < -0.39 is 0 Å². The van der Waals surface area contributed by atoms with Crippen LogP contribution in [0.4, 0.5) is 5.82 Å².